The van der Waals surface area contributed by atoms with Gasteiger partial charge in [0, 0.05) is 29.7 Å². The Kier molecular flexibility index (Phi) is 8.03. The molecule has 0 fully saturated rings. The molecule has 0 bridgehead atoms. The zero-order valence-corrected chi connectivity index (χ0v) is 21.1. The second-order valence-electron chi connectivity index (χ2n) is 8.37. The Hall–Kier alpha value is -3.18. The van der Waals surface area contributed by atoms with Crippen LogP contribution in [0.2, 0.25) is 5.02 Å². The maximum Gasteiger partial charge on any atom is 0.416 e. The predicted octanol–water partition coefficient (Wildman–Crippen LogP) is 5.45. The Morgan fingerprint density at radius 1 is 1.16 bits per heavy atom. The average molecular weight is 551 g/mol. The molecule has 4 rings (SSSR count). The molecule has 0 radical (unpaired) electrons. The molecule has 11 heteroatoms. The summed E-state index contributed by atoms with van der Waals surface area (Å²) in [5.41, 5.74) is -0.0640. The van der Waals surface area contributed by atoms with Gasteiger partial charge in [0.1, 0.15) is 16.5 Å². The molecule has 0 saturated carbocycles. The van der Waals surface area contributed by atoms with Crippen molar-refractivity contribution in [2.45, 2.75) is 25.4 Å². The van der Waals surface area contributed by atoms with Gasteiger partial charge in [0.15, 0.2) is 0 Å². The van der Waals surface area contributed by atoms with E-state index in [0.717, 1.165) is 17.7 Å². The third-order valence-electron chi connectivity index (χ3n) is 5.65. The fourth-order valence-corrected chi connectivity index (χ4v) is 4.84. The summed E-state index contributed by atoms with van der Waals surface area (Å²) in [6, 6.07) is 12.9. The van der Waals surface area contributed by atoms with Crippen molar-refractivity contribution in [3.63, 3.8) is 0 Å². The van der Waals surface area contributed by atoms with Crippen molar-refractivity contribution in [1.82, 2.24) is 9.88 Å². The van der Waals surface area contributed by atoms with Crippen LogP contribution >= 0.6 is 22.9 Å². The van der Waals surface area contributed by atoms with E-state index in [-0.39, 0.29) is 25.3 Å². The van der Waals surface area contributed by atoms with Gasteiger partial charge >= 0.3 is 6.18 Å². The zero-order valence-electron chi connectivity index (χ0n) is 19.5. The molecule has 0 aliphatic rings. The van der Waals surface area contributed by atoms with Gasteiger partial charge in [-0.1, -0.05) is 35.9 Å². The average Bonchev–Trinajstić information content (AvgIpc) is 3.30. The summed E-state index contributed by atoms with van der Waals surface area (Å²) >= 11 is 7.18. The number of nitrogens with one attached hydrogen (secondary N) is 1. The highest BCUT2D eigenvalue weighted by Crippen LogP contribution is 2.30. The maximum atomic E-state index is 13.0. The summed E-state index contributed by atoms with van der Waals surface area (Å²) in [7, 11) is 1.73. The van der Waals surface area contributed by atoms with Crippen molar-refractivity contribution in [3.8, 4) is 0 Å². The topological polar surface area (TPSA) is 80.6 Å². The minimum absolute atomic E-state index is 0.00644. The van der Waals surface area contributed by atoms with Crippen LogP contribution in [0.4, 0.5) is 13.2 Å². The molecule has 1 amide bonds. The van der Waals surface area contributed by atoms with Crippen LogP contribution in [-0.4, -0.2) is 22.2 Å². The van der Waals surface area contributed by atoms with Crippen molar-refractivity contribution >= 4 is 39.1 Å². The number of hydrogen-bond donors (Lipinski definition) is 2. The lowest BCUT2D eigenvalue weighted by atomic mass is 10.1. The van der Waals surface area contributed by atoms with Crippen LogP contribution in [0.5, 0.6) is 0 Å². The second-order valence-corrected chi connectivity index (χ2v) is 9.93. The molecule has 0 spiro atoms. The third kappa shape index (κ3) is 6.40. The first-order valence-electron chi connectivity index (χ1n) is 11.1. The van der Waals surface area contributed by atoms with Gasteiger partial charge in [0.2, 0.25) is 5.43 Å². The molecular formula is C26H22ClF3N2O4S. The third-order valence-corrected chi connectivity index (χ3v) is 7.10. The lowest BCUT2D eigenvalue weighted by Gasteiger charge is -2.13. The van der Waals surface area contributed by atoms with Crippen molar-refractivity contribution in [3.05, 3.63) is 103 Å². The SMILES string of the molecule is Cn1cc(C(=O)NCc2ccc(Cl)cc2)c(=O)c2cc(COC[C@H](O)c3ccc(C(F)(F)F)cc3)sc21. The Labute approximate surface area is 218 Å². The highest BCUT2D eigenvalue weighted by atomic mass is 35.5. The predicted molar refractivity (Wildman–Crippen MR) is 136 cm³/mol. The summed E-state index contributed by atoms with van der Waals surface area (Å²) in [5, 5.41) is 14.0. The van der Waals surface area contributed by atoms with Gasteiger partial charge in [-0.25, -0.2) is 0 Å². The van der Waals surface area contributed by atoms with Gasteiger partial charge < -0.3 is 19.7 Å². The lowest BCUT2D eigenvalue weighted by Crippen LogP contribution is -2.29. The van der Waals surface area contributed by atoms with Crippen LogP contribution in [0.15, 0.2) is 65.6 Å². The molecule has 2 N–H and O–H groups in total. The lowest BCUT2D eigenvalue weighted by molar-refractivity contribution is -0.137. The summed E-state index contributed by atoms with van der Waals surface area (Å²) < 4.78 is 45.4. The number of halogens is 4. The number of amides is 1. The number of benzene rings is 2. The number of carbonyl (C=O) groups is 1. The summed E-state index contributed by atoms with van der Waals surface area (Å²) in [6.07, 6.45) is -4.08. The van der Waals surface area contributed by atoms with E-state index in [1.54, 1.807) is 41.9 Å². The minimum atomic E-state index is -4.45. The van der Waals surface area contributed by atoms with Crippen LogP contribution in [0.3, 0.4) is 0 Å². The van der Waals surface area contributed by atoms with E-state index >= 15 is 0 Å². The Morgan fingerprint density at radius 3 is 2.49 bits per heavy atom. The molecule has 1 atom stereocenters. The molecule has 0 aliphatic carbocycles. The number of fused-ring (bicyclic) bond motifs is 1. The first kappa shape index (κ1) is 26.9. The number of aliphatic hydroxyl groups is 1. The van der Waals surface area contributed by atoms with Gasteiger partial charge in [-0.3, -0.25) is 9.59 Å². The molecule has 6 nitrogen and oxygen atoms in total. The number of aryl methyl sites for hydroxylation is 1. The largest absolute Gasteiger partial charge is 0.416 e. The number of carbonyl (C=O) groups excluding carboxylic acids is 1. The highest BCUT2D eigenvalue weighted by molar-refractivity contribution is 7.18. The number of aromatic nitrogens is 1. The van der Waals surface area contributed by atoms with E-state index in [1.807, 2.05) is 0 Å². The number of thiophene rings is 1. The molecule has 4 aromatic rings. The monoisotopic (exact) mass is 550 g/mol. The van der Waals surface area contributed by atoms with Gasteiger partial charge in [-0.05, 0) is 41.5 Å². The number of aliphatic hydroxyl groups excluding tert-OH is 1. The van der Waals surface area contributed by atoms with Gasteiger partial charge in [0.25, 0.3) is 5.91 Å². The van der Waals surface area contributed by atoms with E-state index in [1.165, 1.54) is 29.7 Å². The quantitative estimate of drug-likeness (QED) is 0.306. The summed E-state index contributed by atoms with van der Waals surface area (Å²) in [6.45, 7) is 0.171. The summed E-state index contributed by atoms with van der Waals surface area (Å²) in [5.74, 6) is -0.499. The second kappa shape index (κ2) is 11.1. The molecule has 194 valence electrons. The molecule has 0 unspecified atom stereocenters. The number of rotatable bonds is 8. The van der Waals surface area contributed by atoms with Gasteiger partial charge in [0.05, 0.1) is 24.2 Å². The fraction of sp³-hybridized carbons (Fsp3) is 0.231. The Balaban J connectivity index is 1.40. The molecule has 2 aromatic heterocycles. The van der Waals surface area contributed by atoms with Crippen LogP contribution in [0.1, 0.15) is 38.0 Å². The van der Waals surface area contributed by atoms with Crippen LogP contribution in [0, 0.1) is 0 Å². The molecule has 2 heterocycles. The molecule has 37 heavy (non-hydrogen) atoms. The van der Waals surface area contributed by atoms with Gasteiger partial charge in [-0.15, -0.1) is 11.3 Å². The van der Waals surface area contributed by atoms with Crippen molar-refractivity contribution in [2.75, 3.05) is 6.61 Å². The maximum absolute atomic E-state index is 13.0. The zero-order chi connectivity index (χ0) is 26.7. The van der Waals surface area contributed by atoms with Crippen molar-refractivity contribution in [2.24, 2.45) is 7.05 Å². The molecule has 0 saturated heterocycles. The Morgan fingerprint density at radius 2 is 1.84 bits per heavy atom. The molecular weight excluding hydrogens is 529 g/mol. The van der Waals surface area contributed by atoms with Crippen LogP contribution in [-0.2, 0) is 31.1 Å². The standard InChI is InChI=1S/C26H22ClF3N2O4S/c1-32-12-21(24(35)31-11-15-2-8-18(27)9-3-15)23(34)20-10-19(37-25(20)32)13-36-14-22(33)16-4-6-17(7-5-16)26(28,29)30/h2-10,12,22,33H,11,13-14H2,1H3,(H,31,35)/t22-/m0/s1. The van der Waals surface area contributed by atoms with Crippen molar-refractivity contribution < 1.29 is 27.8 Å². The van der Waals surface area contributed by atoms with E-state index < -0.39 is 29.2 Å². The number of alkyl halides is 3. The highest BCUT2D eigenvalue weighted by Gasteiger charge is 2.30. The number of ether oxygens (including phenoxy) is 1. The summed E-state index contributed by atoms with van der Waals surface area (Å²) in [4.78, 5) is 27.1. The Bertz CT molecular complexity index is 1460. The number of hydrogen-bond acceptors (Lipinski definition) is 5. The fourth-order valence-electron chi connectivity index (χ4n) is 3.69. The molecule has 0 aliphatic heterocycles. The van der Waals surface area contributed by atoms with E-state index in [2.05, 4.69) is 5.32 Å². The van der Waals surface area contributed by atoms with Crippen LogP contribution < -0.4 is 10.7 Å². The minimum Gasteiger partial charge on any atom is -0.386 e. The normalized spacial score (nSPS) is 12.6. The van der Waals surface area contributed by atoms with E-state index in [4.69, 9.17) is 16.3 Å². The van der Waals surface area contributed by atoms with Gasteiger partial charge in [-0.2, -0.15) is 13.2 Å². The molecule has 2 aromatic carbocycles. The van der Waals surface area contributed by atoms with Crippen LogP contribution in [0.25, 0.3) is 10.2 Å². The van der Waals surface area contributed by atoms with E-state index in [9.17, 15) is 27.9 Å². The smallest absolute Gasteiger partial charge is 0.386 e. The van der Waals surface area contributed by atoms with E-state index in [0.29, 0.717) is 25.7 Å². The number of pyridine rings is 1. The first-order valence-corrected chi connectivity index (χ1v) is 12.3. The number of nitrogens with zero attached hydrogens (tertiary/aromatic N) is 1. The van der Waals surface area contributed by atoms with Crippen molar-refractivity contribution in [1.29, 1.82) is 0 Å². The first-order chi connectivity index (χ1) is 17.5.